The Balaban J connectivity index is 1.98. The molecule has 0 heterocycles. The van der Waals surface area contributed by atoms with Gasteiger partial charge >= 0.3 is 5.97 Å². The predicted octanol–water partition coefficient (Wildman–Crippen LogP) is 6.00. The van der Waals surface area contributed by atoms with Crippen LogP contribution in [0.4, 0.5) is 4.39 Å². The number of aliphatic hydroxyl groups is 1. The van der Waals surface area contributed by atoms with Crippen molar-refractivity contribution in [2.24, 2.45) is 0 Å². The highest BCUT2D eigenvalue weighted by atomic mass is 19.1. The summed E-state index contributed by atoms with van der Waals surface area (Å²) < 4.78 is 19.7. The first-order chi connectivity index (χ1) is 16.7. The molecule has 3 aromatic rings. The van der Waals surface area contributed by atoms with Crippen LogP contribution < -0.4 is 4.74 Å². The van der Waals surface area contributed by atoms with Gasteiger partial charge in [-0.05, 0) is 58.0 Å². The molecule has 0 amide bonds. The van der Waals surface area contributed by atoms with Gasteiger partial charge in [-0.3, -0.25) is 9.59 Å². The van der Waals surface area contributed by atoms with E-state index in [-0.39, 0.29) is 18.2 Å². The number of ketones is 1. The van der Waals surface area contributed by atoms with Crippen LogP contribution >= 0.6 is 0 Å². The van der Waals surface area contributed by atoms with E-state index in [0.29, 0.717) is 12.4 Å². The number of hydrogen-bond acceptors (Lipinski definition) is 4. The molecule has 0 spiro atoms. The molecule has 0 aromatic heterocycles. The van der Waals surface area contributed by atoms with Crippen LogP contribution in [0.1, 0.15) is 49.3 Å². The Bertz CT molecular complexity index is 1180. The van der Waals surface area contributed by atoms with Crippen LogP contribution in [-0.2, 0) is 16.2 Å². The quantitative estimate of drug-likeness (QED) is 0.332. The first-order valence-corrected chi connectivity index (χ1v) is 11.4. The number of benzene rings is 3. The van der Waals surface area contributed by atoms with Gasteiger partial charge in [0.15, 0.2) is 0 Å². The molecule has 35 heavy (non-hydrogen) atoms. The smallest absolute Gasteiger partial charge is 0.310 e. The van der Waals surface area contributed by atoms with Crippen LogP contribution in [0, 0.1) is 5.82 Å². The number of aliphatic carboxylic acids is 1. The lowest BCUT2D eigenvalue weighted by atomic mass is 9.89. The molecular formula is C29H29FO5. The minimum absolute atomic E-state index is 0.0971. The van der Waals surface area contributed by atoms with Crippen molar-refractivity contribution in [3.8, 4) is 16.9 Å². The lowest BCUT2D eigenvalue weighted by molar-refractivity contribution is -0.140. The number of carboxylic acid groups (broad SMARTS) is 1. The van der Waals surface area contributed by atoms with E-state index in [9.17, 15) is 19.1 Å². The lowest BCUT2D eigenvalue weighted by Gasteiger charge is -2.19. The maximum absolute atomic E-state index is 13.6. The second-order valence-corrected chi connectivity index (χ2v) is 8.65. The number of rotatable bonds is 11. The molecule has 0 saturated heterocycles. The second kappa shape index (κ2) is 12.1. The van der Waals surface area contributed by atoms with E-state index in [4.69, 9.17) is 9.84 Å². The number of carbonyl (C=O) groups is 2. The van der Waals surface area contributed by atoms with Gasteiger partial charge in [0, 0.05) is 6.42 Å². The highest BCUT2D eigenvalue weighted by molar-refractivity contribution is 5.95. The Hall–Kier alpha value is -3.77. The number of carbonyl (C=O) groups excluding carboxylic acids is 1. The molecule has 3 aromatic carbocycles. The molecule has 0 saturated carbocycles. The zero-order valence-electron chi connectivity index (χ0n) is 19.8. The minimum atomic E-state index is -1.22. The van der Waals surface area contributed by atoms with Crippen LogP contribution in [0.15, 0.2) is 72.8 Å². The molecule has 1 unspecified atom stereocenters. The monoisotopic (exact) mass is 476 g/mol. The van der Waals surface area contributed by atoms with Crippen molar-refractivity contribution >= 4 is 17.8 Å². The number of carboxylic acids is 1. The number of Topliss-reactive ketones (excluding diaryl/α,β-unsaturated/α-hetero) is 1. The third kappa shape index (κ3) is 7.62. The summed E-state index contributed by atoms with van der Waals surface area (Å²) in [5.74, 6) is -1.37. The van der Waals surface area contributed by atoms with E-state index < -0.39 is 24.3 Å². The topological polar surface area (TPSA) is 83.8 Å². The molecule has 0 aliphatic carbocycles. The molecular weight excluding hydrogens is 447 g/mol. The van der Waals surface area contributed by atoms with Crippen molar-refractivity contribution in [1.82, 2.24) is 0 Å². The van der Waals surface area contributed by atoms with E-state index in [1.807, 2.05) is 56.3 Å². The summed E-state index contributed by atoms with van der Waals surface area (Å²) in [6.07, 6.45) is 1.17. The Morgan fingerprint density at radius 2 is 1.71 bits per heavy atom. The largest absolute Gasteiger partial charge is 0.489 e. The number of ether oxygens (including phenoxy) is 1. The summed E-state index contributed by atoms with van der Waals surface area (Å²) in [4.78, 5) is 22.5. The van der Waals surface area contributed by atoms with Crippen molar-refractivity contribution < 1.29 is 28.9 Å². The van der Waals surface area contributed by atoms with Gasteiger partial charge in [0.1, 0.15) is 30.4 Å². The van der Waals surface area contributed by atoms with Crippen molar-refractivity contribution in [3.05, 3.63) is 95.3 Å². The highest BCUT2D eigenvalue weighted by Gasteiger charge is 2.16. The molecule has 5 nitrogen and oxygen atoms in total. The zero-order chi connectivity index (χ0) is 25.4. The Labute approximate surface area is 204 Å². The first-order valence-electron chi connectivity index (χ1n) is 11.4. The highest BCUT2D eigenvalue weighted by Crippen LogP contribution is 2.36. The van der Waals surface area contributed by atoms with Crippen molar-refractivity contribution in [2.45, 2.75) is 45.3 Å². The van der Waals surface area contributed by atoms with Crippen LogP contribution in [0.2, 0.25) is 0 Å². The van der Waals surface area contributed by atoms with Crippen LogP contribution in [0.25, 0.3) is 17.2 Å². The van der Waals surface area contributed by atoms with E-state index in [0.717, 1.165) is 27.8 Å². The van der Waals surface area contributed by atoms with E-state index in [2.05, 4.69) is 0 Å². The van der Waals surface area contributed by atoms with Gasteiger partial charge in [-0.1, -0.05) is 68.5 Å². The van der Waals surface area contributed by atoms with Crippen molar-refractivity contribution in [1.29, 1.82) is 0 Å². The summed E-state index contributed by atoms with van der Waals surface area (Å²) in [6, 6.07) is 19.8. The van der Waals surface area contributed by atoms with Gasteiger partial charge < -0.3 is 14.9 Å². The van der Waals surface area contributed by atoms with Crippen molar-refractivity contribution in [3.63, 3.8) is 0 Å². The van der Waals surface area contributed by atoms with Gasteiger partial charge in [-0.25, -0.2) is 4.39 Å². The molecule has 1 atom stereocenters. The molecule has 0 aliphatic heterocycles. The third-order valence-corrected chi connectivity index (χ3v) is 5.48. The van der Waals surface area contributed by atoms with E-state index in [1.165, 1.54) is 18.2 Å². The zero-order valence-corrected chi connectivity index (χ0v) is 19.8. The van der Waals surface area contributed by atoms with Gasteiger partial charge in [-0.15, -0.1) is 0 Å². The summed E-state index contributed by atoms with van der Waals surface area (Å²) >= 11 is 0. The van der Waals surface area contributed by atoms with Crippen molar-refractivity contribution in [2.75, 3.05) is 0 Å². The maximum atomic E-state index is 13.6. The molecule has 0 radical (unpaired) electrons. The van der Waals surface area contributed by atoms with Gasteiger partial charge in [-0.2, -0.15) is 0 Å². The first kappa shape index (κ1) is 25.8. The van der Waals surface area contributed by atoms with Gasteiger partial charge in [0.05, 0.1) is 6.10 Å². The Morgan fingerprint density at radius 1 is 1.03 bits per heavy atom. The minimum Gasteiger partial charge on any atom is -0.489 e. The number of aliphatic hydroxyl groups excluding tert-OH is 1. The van der Waals surface area contributed by atoms with E-state index in [1.54, 1.807) is 18.2 Å². The molecule has 0 bridgehead atoms. The molecule has 6 heteroatoms. The van der Waals surface area contributed by atoms with Crippen LogP contribution in [0.3, 0.4) is 0 Å². The summed E-state index contributed by atoms with van der Waals surface area (Å²) in [5, 5.41) is 19.1. The second-order valence-electron chi connectivity index (χ2n) is 8.65. The average Bonchev–Trinajstić information content (AvgIpc) is 2.81. The van der Waals surface area contributed by atoms with Gasteiger partial charge in [0.2, 0.25) is 0 Å². The van der Waals surface area contributed by atoms with Crippen LogP contribution in [0.5, 0.6) is 5.75 Å². The molecule has 182 valence electrons. The summed E-state index contributed by atoms with van der Waals surface area (Å²) in [5.41, 5.74) is 4.35. The normalized spacial score (nSPS) is 12.1. The molecule has 2 N–H and O–H groups in total. The maximum Gasteiger partial charge on any atom is 0.310 e. The third-order valence-electron chi connectivity index (χ3n) is 5.48. The standard InChI is InChI=1S/C29H29FO5/c1-19(2)27-16-25(35-18-20-6-4-3-5-7-20)17-28(21-8-10-22(30)11-9-21)26(27)13-12-23(31)14-24(32)15-29(33)34/h3-13,16-17,19,23,31H,14-15,18H2,1-2H3,(H,33,34)/b13-12+. The Morgan fingerprint density at radius 3 is 2.34 bits per heavy atom. The van der Waals surface area contributed by atoms with E-state index >= 15 is 0 Å². The molecule has 0 fully saturated rings. The summed E-state index contributed by atoms with van der Waals surface area (Å²) in [6.45, 7) is 4.46. The molecule has 0 aliphatic rings. The SMILES string of the molecule is CC(C)c1cc(OCc2ccccc2)cc(-c2ccc(F)cc2)c1/C=C/C(O)CC(=O)CC(=O)O. The Kier molecular flexibility index (Phi) is 8.92. The average molecular weight is 477 g/mol. The number of halogens is 1. The van der Waals surface area contributed by atoms with Gasteiger partial charge in [0.25, 0.3) is 0 Å². The lowest BCUT2D eigenvalue weighted by Crippen LogP contribution is -2.14. The fourth-order valence-electron chi connectivity index (χ4n) is 3.75. The van der Waals surface area contributed by atoms with Crippen LogP contribution in [-0.4, -0.2) is 28.1 Å². The number of hydrogen-bond donors (Lipinski definition) is 2. The fraction of sp³-hybridized carbons (Fsp3) is 0.241. The predicted molar refractivity (Wildman–Crippen MR) is 134 cm³/mol. The molecule has 3 rings (SSSR count). The fourth-order valence-corrected chi connectivity index (χ4v) is 3.75. The summed E-state index contributed by atoms with van der Waals surface area (Å²) in [7, 11) is 0.